The van der Waals surface area contributed by atoms with E-state index in [1.807, 2.05) is 0 Å². The molecular weight excluding hydrogens is 104 g/mol. The maximum absolute atomic E-state index is 4.60. The molecule has 1 aliphatic rings. The second kappa shape index (κ2) is 2.01. The Morgan fingerprint density at radius 2 is 2.12 bits per heavy atom. The molecule has 0 radical (unpaired) electrons. The quantitative estimate of drug-likeness (QED) is 0.441. The van der Waals surface area contributed by atoms with Gasteiger partial charge in [0.25, 0.3) is 0 Å². The average molecular weight is 112 g/mol. The van der Waals surface area contributed by atoms with Crippen molar-refractivity contribution in [3.63, 3.8) is 0 Å². The van der Waals surface area contributed by atoms with Crippen LogP contribution in [-0.4, -0.2) is 6.61 Å². The molecule has 0 unspecified atom stereocenters. The lowest BCUT2D eigenvalue weighted by Gasteiger charge is -2.14. The summed E-state index contributed by atoms with van der Waals surface area (Å²) < 4.78 is 0. The minimum absolute atomic E-state index is 0.552. The van der Waals surface area contributed by atoms with Gasteiger partial charge in [-0.1, -0.05) is 13.2 Å². The first kappa shape index (κ1) is 5.38. The fourth-order valence-electron chi connectivity index (χ4n) is 0.476. The molecular formula is C6H8O2. The highest BCUT2D eigenvalue weighted by Gasteiger charge is 2.08. The van der Waals surface area contributed by atoms with Gasteiger partial charge in [-0.3, -0.25) is 0 Å². The predicted octanol–water partition coefficient (Wildman–Crippen LogP) is 1.41. The van der Waals surface area contributed by atoms with Gasteiger partial charge in [0.05, 0.1) is 6.61 Å². The molecule has 44 valence electrons. The summed E-state index contributed by atoms with van der Waals surface area (Å²) in [5, 5.41) is 0. The monoisotopic (exact) mass is 112 g/mol. The van der Waals surface area contributed by atoms with Gasteiger partial charge in [0.15, 0.2) is 5.76 Å². The van der Waals surface area contributed by atoms with Crippen molar-refractivity contribution in [2.24, 2.45) is 0 Å². The minimum Gasteiger partial charge on any atom is -0.338 e. The average Bonchev–Trinajstić information content (AvgIpc) is 1.77. The smallest absolute Gasteiger partial charge is 0.160 e. The van der Waals surface area contributed by atoms with Crippen molar-refractivity contribution in [2.75, 3.05) is 6.61 Å². The molecule has 2 heteroatoms. The van der Waals surface area contributed by atoms with Crippen molar-refractivity contribution in [2.45, 2.75) is 6.42 Å². The van der Waals surface area contributed by atoms with Crippen LogP contribution in [0.1, 0.15) is 6.42 Å². The molecule has 1 aliphatic heterocycles. The first-order valence-electron chi connectivity index (χ1n) is 2.47. The fraction of sp³-hybridized carbons (Fsp3) is 0.333. The number of hydrogen-bond donors (Lipinski definition) is 0. The third kappa shape index (κ3) is 0.898. The van der Waals surface area contributed by atoms with Gasteiger partial charge in [-0.2, -0.15) is 4.89 Å². The van der Waals surface area contributed by atoms with Crippen LogP contribution in [0.15, 0.2) is 24.5 Å². The highest BCUT2D eigenvalue weighted by molar-refractivity contribution is 5.19. The Morgan fingerprint density at radius 3 is 2.50 bits per heavy atom. The van der Waals surface area contributed by atoms with Crippen LogP contribution in [0.3, 0.4) is 0 Å². The van der Waals surface area contributed by atoms with Crippen LogP contribution in [0.5, 0.6) is 0 Å². The molecule has 0 aromatic carbocycles. The van der Waals surface area contributed by atoms with Crippen molar-refractivity contribution in [3.8, 4) is 0 Å². The number of rotatable bonds is 0. The molecule has 1 heterocycles. The topological polar surface area (TPSA) is 18.5 Å². The van der Waals surface area contributed by atoms with E-state index in [9.17, 15) is 0 Å². The summed E-state index contributed by atoms with van der Waals surface area (Å²) in [5.41, 5.74) is 0.927. The van der Waals surface area contributed by atoms with Gasteiger partial charge in [-0.15, -0.1) is 0 Å². The molecule has 8 heavy (non-hydrogen) atoms. The van der Waals surface area contributed by atoms with Crippen LogP contribution >= 0.6 is 0 Å². The summed E-state index contributed by atoms with van der Waals surface area (Å²) in [6.45, 7) is 7.83. The highest BCUT2D eigenvalue weighted by Crippen LogP contribution is 2.16. The summed E-state index contributed by atoms with van der Waals surface area (Å²) >= 11 is 0. The third-order valence-electron chi connectivity index (χ3n) is 1.04. The summed E-state index contributed by atoms with van der Waals surface area (Å²) in [4.78, 5) is 9.19. The van der Waals surface area contributed by atoms with Gasteiger partial charge < -0.3 is 4.89 Å². The Morgan fingerprint density at radius 1 is 1.38 bits per heavy atom. The lowest BCUT2D eigenvalue weighted by molar-refractivity contribution is -0.268. The van der Waals surface area contributed by atoms with E-state index in [2.05, 4.69) is 22.9 Å². The summed E-state index contributed by atoms with van der Waals surface area (Å²) in [5.74, 6) is 0.552. The van der Waals surface area contributed by atoms with E-state index in [4.69, 9.17) is 0 Å². The lowest BCUT2D eigenvalue weighted by atomic mass is 10.2. The van der Waals surface area contributed by atoms with E-state index in [0.717, 1.165) is 12.0 Å². The molecule has 0 aromatic heterocycles. The van der Waals surface area contributed by atoms with E-state index < -0.39 is 0 Å². The molecule has 1 saturated heterocycles. The van der Waals surface area contributed by atoms with Gasteiger partial charge in [0.1, 0.15) is 0 Å². The maximum Gasteiger partial charge on any atom is 0.160 e. The van der Waals surface area contributed by atoms with Gasteiger partial charge in [0, 0.05) is 6.42 Å². The zero-order chi connectivity index (χ0) is 5.98. The van der Waals surface area contributed by atoms with Gasteiger partial charge in [-0.25, -0.2) is 0 Å². The van der Waals surface area contributed by atoms with Gasteiger partial charge >= 0.3 is 0 Å². The number of hydrogen-bond acceptors (Lipinski definition) is 2. The second-order valence-electron chi connectivity index (χ2n) is 1.68. The second-order valence-corrected chi connectivity index (χ2v) is 1.68. The molecule has 0 aliphatic carbocycles. The zero-order valence-electron chi connectivity index (χ0n) is 4.64. The van der Waals surface area contributed by atoms with Crippen molar-refractivity contribution in [1.82, 2.24) is 0 Å². The standard InChI is InChI=1S/C6H8O2/c1-5-3-4-7-8-6(5)2/h1-4H2. The number of allylic oxidation sites excluding steroid dienone is 1. The Hall–Kier alpha value is -0.760. The first-order valence-corrected chi connectivity index (χ1v) is 2.47. The first-order chi connectivity index (χ1) is 3.80. The van der Waals surface area contributed by atoms with Crippen molar-refractivity contribution in [3.05, 3.63) is 24.5 Å². The molecule has 2 nitrogen and oxygen atoms in total. The molecule has 0 bridgehead atoms. The van der Waals surface area contributed by atoms with Crippen molar-refractivity contribution in [1.29, 1.82) is 0 Å². The molecule has 1 rings (SSSR count). The molecule has 0 aromatic rings. The van der Waals surface area contributed by atoms with Crippen LogP contribution < -0.4 is 0 Å². The van der Waals surface area contributed by atoms with E-state index >= 15 is 0 Å². The van der Waals surface area contributed by atoms with Crippen LogP contribution in [-0.2, 0) is 9.78 Å². The van der Waals surface area contributed by atoms with E-state index in [0.29, 0.717) is 12.4 Å². The molecule has 0 N–H and O–H groups in total. The van der Waals surface area contributed by atoms with Crippen molar-refractivity contribution < 1.29 is 9.78 Å². The van der Waals surface area contributed by atoms with Crippen molar-refractivity contribution >= 4 is 0 Å². The SMILES string of the molecule is C=C1CCOOC1=C. The van der Waals surface area contributed by atoms with Gasteiger partial charge in [0.2, 0.25) is 0 Å². The van der Waals surface area contributed by atoms with Crippen LogP contribution in [0, 0.1) is 0 Å². The van der Waals surface area contributed by atoms with E-state index in [-0.39, 0.29) is 0 Å². The van der Waals surface area contributed by atoms with Crippen LogP contribution in [0.25, 0.3) is 0 Å². The van der Waals surface area contributed by atoms with E-state index in [1.54, 1.807) is 0 Å². The third-order valence-corrected chi connectivity index (χ3v) is 1.04. The highest BCUT2D eigenvalue weighted by atomic mass is 17.2. The summed E-state index contributed by atoms with van der Waals surface area (Å²) in [6.07, 6.45) is 0.832. The summed E-state index contributed by atoms with van der Waals surface area (Å²) in [6, 6.07) is 0. The Labute approximate surface area is 48.3 Å². The van der Waals surface area contributed by atoms with Gasteiger partial charge in [-0.05, 0) is 5.57 Å². The van der Waals surface area contributed by atoms with E-state index in [1.165, 1.54) is 0 Å². The molecule has 0 amide bonds. The molecule has 1 fully saturated rings. The fourth-order valence-corrected chi connectivity index (χ4v) is 0.476. The molecule has 0 spiro atoms. The minimum atomic E-state index is 0.552. The molecule has 0 saturated carbocycles. The van der Waals surface area contributed by atoms with Crippen LogP contribution in [0.2, 0.25) is 0 Å². The lowest BCUT2D eigenvalue weighted by Crippen LogP contribution is -2.06. The Kier molecular flexibility index (Phi) is 1.35. The summed E-state index contributed by atoms with van der Waals surface area (Å²) in [7, 11) is 0. The Balaban J connectivity index is 2.52. The normalized spacial score (nSPS) is 20.5. The predicted molar refractivity (Wildman–Crippen MR) is 29.9 cm³/mol. The largest absolute Gasteiger partial charge is 0.338 e. The molecule has 0 atom stereocenters. The maximum atomic E-state index is 4.60. The zero-order valence-corrected chi connectivity index (χ0v) is 4.64. The van der Waals surface area contributed by atoms with Crippen LogP contribution in [0.4, 0.5) is 0 Å². The Bertz CT molecular complexity index is 110.